The number of nitrogens with zero attached hydrogens (tertiary/aromatic N) is 1. The molecule has 3 aromatic rings. The molecule has 132 valence electrons. The van der Waals surface area contributed by atoms with Gasteiger partial charge in [0.05, 0.1) is 23.5 Å². The van der Waals surface area contributed by atoms with E-state index in [0.717, 1.165) is 33.5 Å². The summed E-state index contributed by atoms with van der Waals surface area (Å²) in [7, 11) is 0. The number of hydrogen-bond acceptors (Lipinski definition) is 4. The molecule has 0 fully saturated rings. The number of nitrogens with one attached hydrogen (secondary N) is 3. The molecule has 26 heavy (non-hydrogen) atoms. The lowest BCUT2D eigenvalue weighted by molar-refractivity contribution is -0.108. The lowest BCUT2D eigenvalue weighted by atomic mass is 10.0. The third-order valence-corrected chi connectivity index (χ3v) is 3.98. The largest absolute Gasteiger partial charge is 0.494 e. The summed E-state index contributed by atoms with van der Waals surface area (Å²) in [6.07, 6.45) is 0.465. The fourth-order valence-corrected chi connectivity index (χ4v) is 2.79. The number of amides is 1. The predicted octanol–water partition coefficient (Wildman–Crippen LogP) is 3.70. The van der Waals surface area contributed by atoms with Crippen LogP contribution in [0.1, 0.15) is 12.5 Å². The molecule has 6 nitrogen and oxygen atoms in total. The van der Waals surface area contributed by atoms with Crippen LogP contribution < -0.4 is 15.4 Å². The van der Waals surface area contributed by atoms with E-state index in [0.29, 0.717) is 18.7 Å². The van der Waals surface area contributed by atoms with Gasteiger partial charge in [-0.3, -0.25) is 15.5 Å². The SMILES string of the molecule is CCOc1ccc2nc(-c3ccccc3C)cc(NC(=N)NC=O)c2c1. The molecule has 0 aliphatic rings. The first kappa shape index (κ1) is 17.4. The number of ether oxygens (including phenoxy) is 1. The van der Waals surface area contributed by atoms with E-state index in [1.165, 1.54) is 0 Å². The zero-order chi connectivity index (χ0) is 18.5. The summed E-state index contributed by atoms with van der Waals surface area (Å²) < 4.78 is 5.57. The van der Waals surface area contributed by atoms with Crippen molar-refractivity contribution in [2.24, 2.45) is 0 Å². The van der Waals surface area contributed by atoms with Crippen molar-refractivity contribution in [1.82, 2.24) is 10.3 Å². The maximum atomic E-state index is 10.6. The van der Waals surface area contributed by atoms with Crippen molar-refractivity contribution in [2.75, 3.05) is 11.9 Å². The Bertz CT molecular complexity index is 969. The van der Waals surface area contributed by atoms with Crippen molar-refractivity contribution in [2.45, 2.75) is 13.8 Å². The van der Waals surface area contributed by atoms with Gasteiger partial charge in [0.1, 0.15) is 5.75 Å². The molecule has 2 aromatic carbocycles. The van der Waals surface area contributed by atoms with Crippen LogP contribution in [0.5, 0.6) is 5.75 Å². The molecule has 0 spiro atoms. The maximum absolute atomic E-state index is 10.6. The number of carbonyl (C=O) groups excluding carboxylic acids is 1. The van der Waals surface area contributed by atoms with Gasteiger partial charge in [-0.05, 0) is 43.7 Å². The fourth-order valence-electron chi connectivity index (χ4n) is 2.79. The Labute approximate surface area is 151 Å². The molecular formula is C20H20N4O2. The average Bonchev–Trinajstić information content (AvgIpc) is 2.63. The number of pyridine rings is 1. The molecule has 1 aromatic heterocycles. The number of aromatic nitrogens is 1. The van der Waals surface area contributed by atoms with Crippen molar-refractivity contribution in [3.05, 3.63) is 54.1 Å². The lowest BCUT2D eigenvalue weighted by Gasteiger charge is -2.14. The van der Waals surface area contributed by atoms with Crippen LogP contribution >= 0.6 is 0 Å². The number of aryl methyl sites for hydroxylation is 1. The minimum Gasteiger partial charge on any atom is -0.494 e. The van der Waals surface area contributed by atoms with Gasteiger partial charge in [-0.25, -0.2) is 4.98 Å². The van der Waals surface area contributed by atoms with Crippen LogP contribution in [0, 0.1) is 12.3 Å². The van der Waals surface area contributed by atoms with E-state index < -0.39 is 0 Å². The monoisotopic (exact) mass is 348 g/mol. The van der Waals surface area contributed by atoms with E-state index in [4.69, 9.17) is 15.1 Å². The van der Waals surface area contributed by atoms with Crippen molar-refractivity contribution in [3.63, 3.8) is 0 Å². The van der Waals surface area contributed by atoms with Gasteiger partial charge in [0.15, 0.2) is 5.96 Å². The molecule has 1 heterocycles. The van der Waals surface area contributed by atoms with Gasteiger partial charge in [0.2, 0.25) is 6.41 Å². The van der Waals surface area contributed by atoms with Crippen LogP contribution in [0.15, 0.2) is 48.5 Å². The van der Waals surface area contributed by atoms with E-state index in [1.54, 1.807) is 0 Å². The van der Waals surface area contributed by atoms with Gasteiger partial charge in [0, 0.05) is 10.9 Å². The number of rotatable bonds is 5. The quantitative estimate of drug-likeness (QED) is 0.373. The fraction of sp³-hybridized carbons (Fsp3) is 0.150. The smallest absolute Gasteiger partial charge is 0.213 e. The molecule has 0 unspecified atom stereocenters. The summed E-state index contributed by atoms with van der Waals surface area (Å²) in [6.45, 7) is 4.51. The summed E-state index contributed by atoms with van der Waals surface area (Å²) in [6, 6.07) is 15.5. The zero-order valence-corrected chi connectivity index (χ0v) is 14.7. The molecule has 6 heteroatoms. The second kappa shape index (κ2) is 7.65. The van der Waals surface area contributed by atoms with E-state index in [9.17, 15) is 4.79 Å². The van der Waals surface area contributed by atoms with Crippen LogP contribution in [0.4, 0.5) is 5.69 Å². The van der Waals surface area contributed by atoms with Gasteiger partial charge < -0.3 is 10.1 Å². The molecule has 0 aliphatic carbocycles. The Hall–Kier alpha value is -3.41. The van der Waals surface area contributed by atoms with E-state index in [2.05, 4.69) is 10.6 Å². The van der Waals surface area contributed by atoms with E-state index in [1.807, 2.05) is 62.4 Å². The third kappa shape index (κ3) is 3.64. The molecule has 0 radical (unpaired) electrons. The number of benzene rings is 2. The first-order chi connectivity index (χ1) is 12.6. The summed E-state index contributed by atoms with van der Waals surface area (Å²) in [5.74, 6) is 0.619. The van der Waals surface area contributed by atoms with Crippen LogP contribution in [-0.4, -0.2) is 24.0 Å². The normalized spacial score (nSPS) is 10.4. The van der Waals surface area contributed by atoms with Crippen molar-refractivity contribution >= 4 is 29.0 Å². The number of anilines is 1. The molecule has 0 atom stereocenters. The third-order valence-electron chi connectivity index (χ3n) is 3.98. The lowest BCUT2D eigenvalue weighted by Crippen LogP contribution is -2.28. The average molecular weight is 348 g/mol. The van der Waals surface area contributed by atoms with E-state index in [-0.39, 0.29) is 5.96 Å². The zero-order valence-electron chi connectivity index (χ0n) is 14.7. The minimum atomic E-state index is -0.106. The Kier molecular flexibility index (Phi) is 5.12. The molecule has 0 aliphatic heterocycles. The highest BCUT2D eigenvalue weighted by atomic mass is 16.5. The molecule has 1 amide bonds. The Morgan fingerprint density at radius 3 is 2.77 bits per heavy atom. The Balaban J connectivity index is 2.17. The summed E-state index contributed by atoms with van der Waals surface area (Å²) >= 11 is 0. The highest BCUT2D eigenvalue weighted by molar-refractivity contribution is 6.05. The van der Waals surface area contributed by atoms with Gasteiger partial charge in [-0.2, -0.15) is 0 Å². The summed E-state index contributed by atoms with van der Waals surface area (Å²) in [4.78, 5) is 15.4. The first-order valence-corrected chi connectivity index (χ1v) is 8.31. The topological polar surface area (TPSA) is 87.1 Å². The molecule has 0 saturated heterocycles. The Morgan fingerprint density at radius 1 is 1.23 bits per heavy atom. The summed E-state index contributed by atoms with van der Waals surface area (Å²) in [5, 5.41) is 13.9. The maximum Gasteiger partial charge on any atom is 0.213 e. The molecule has 3 N–H and O–H groups in total. The van der Waals surface area contributed by atoms with Crippen LogP contribution in [0.25, 0.3) is 22.2 Å². The van der Waals surface area contributed by atoms with Crippen molar-refractivity contribution in [3.8, 4) is 17.0 Å². The van der Waals surface area contributed by atoms with Crippen molar-refractivity contribution < 1.29 is 9.53 Å². The molecular weight excluding hydrogens is 328 g/mol. The van der Waals surface area contributed by atoms with Crippen molar-refractivity contribution in [1.29, 1.82) is 5.41 Å². The predicted molar refractivity (Wildman–Crippen MR) is 104 cm³/mol. The standard InChI is InChI=1S/C20H20N4O2/c1-3-26-14-8-9-17-16(10-14)19(24-20(21)22-12-25)11-18(23-17)15-7-5-4-6-13(15)2/h4-12H,3H2,1-2H3,(H3,21,22,23,24,25). The molecule has 3 rings (SSSR count). The highest BCUT2D eigenvalue weighted by Gasteiger charge is 2.11. The minimum absolute atomic E-state index is 0.106. The highest BCUT2D eigenvalue weighted by Crippen LogP contribution is 2.32. The number of carbonyl (C=O) groups is 1. The number of fused-ring (bicyclic) bond motifs is 1. The number of guanidine groups is 1. The van der Waals surface area contributed by atoms with Gasteiger partial charge >= 0.3 is 0 Å². The van der Waals surface area contributed by atoms with Crippen LogP contribution in [-0.2, 0) is 4.79 Å². The molecule has 0 saturated carbocycles. The molecule has 0 bridgehead atoms. The second-order valence-electron chi connectivity index (χ2n) is 5.74. The Morgan fingerprint density at radius 2 is 2.04 bits per heavy atom. The summed E-state index contributed by atoms with van der Waals surface area (Å²) in [5.41, 5.74) is 4.37. The van der Waals surface area contributed by atoms with Gasteiger partial charge in [-0.1, -0.05) is 24.3 Å². The van der Waals surface area contributed by atoms with Gasteiger partial charge in [-0.15, -0.1) is 0 Å². The van der Waals surface area contributed by atoms with Crippen LogP contribution in [0.2, 0.25) is 0 Å². The first-order valence-electron chi connectivity index (χ1n) is 8.31. The van der Waals surface area contributed by atoms with Gasteiger partial charge in [0.25, 0.3) is 0 Å². The van der Waals surface area contributed by atoms with E-state index >= 15 is 0 Å². The van der Waals surface area contributed by atoms with Crippen LogP contribution in [0.3, 0.4) is 0 Å². The second-order valence-corrected chi connectivity index (χ2v) is 5.74. The number of hydrogen-bond donors (Lipinski definition) is 3.